The Morgan fingerprint density at radius 1 is 1.28 bits per heavy atom. The van der Waals surface area contributed by atoms with Gasteiger partial charge in [-0.25, -0.2) is 15.0 Å². The van der Waals surface area contributed by atoms with Crippen LogP contribution in [-0.4, -0.2) is 31.2 Å². The largest absolute Gasteiger partial charge is 0.310 e. The maximum atomic E-state index is 4.28. The van der Waals surface area contributed by atoms with Crippen molar-refractivity contribution in [2.75, 3.05) is 0 Å². The van der Waals surface area contributed by atoms with E-state index in [1.54, 1.807) is 0 Å². The predicted octanol–water partition coefficient (Wildman–Crippen LogP) is 1.55. The fraction of sp³-hybridized carbons (Fsp3) is 0.455. The molecule has 2 heterocycles. The monoisotopic (exact) mass is 264 g/mol. The van der Waals surface area contributed by atoms with E-state index in [0.717, 1.165) is 17.9 Å². The summed E-state index contributed by atoms with van der Waals surface area (Å²) in [6.45, 7) is 6.86. The molecule has 2 aromatic heterocycles. The molecule has 2 rings (SSSR count). The first-order valence-electron chi connectivity index (χ1n) is 5.74. The van der Waals surface area contributed by atoms with Crippen LogP contribution in [0.4, 0.5) is 0 Å². The Morgan fingerprint density at radius 2 is 2.00 bits per heavy atom. The number of nitrogens with zero attached hydrogens (tertiary/aromatic N) is 4. The molecule has 0 amide bonds. The van der Waals surface area contributed by atoms with Gasteiger partial charge in [-0.1, -0.05) is 13.8 Å². The number of nitrogens with one attached hydrogen (secondary N) is 2. The van der Waals surface area contributed by atoms with Crippen molar-refractivity contribution < 1.29 is 0 Å². The van der Waals surface area contributed by atoms with Gasteiger partial charge in [-0.05, 0) is 18.7 Å². The summed E-state index contributed by atoms with van der Waals surface area (Å²) < 4.78 is 0. The van der Waals surface area contributed by atoms with Crippen molar-refractivity contribution >= 4 is 11.8 Å². The number of hydrogen-bond donors (Lipinski definition) is 2. The fourth-order valence-corrected chi connectivity index (χ4v) is 1.91. The van der Waals surface area contributed by atoms with Crippen LogP contribution in [0, 0.1) is 6.92 Å². The van der Waals surface area contributed by atoms with Crippen LogP contribution in [0.1, 0.15) is 25.2 Å². The van der Waals surface area contributed by atoms with Gasteiger partial charge in [0.05, 0.1) is 0 Å². The third-order valence-electron chi connectivity index (χ3n) is 2.16. The minimum Gasteiger partial charge on any atom is -0.310 e. The van der Waals surface area contributed by atoms with Crippen molar-refractivity contribution in [1.29, 1.82) is 0 Å². The lowest BCUT2D eigenvalue weighted by Gasteiger charge is -2.07. The average molecular weight is 264 g/mol. The summed E-state index contributed by atoms with van der Waals surface area (Å²) in [7, 11) is 0. The fourth-order valence-electron chi connectivity index (χ4n) is 1.26. The molecule has 96 valence electrons. The summed E-state index contributed by atoms with van der Waals surface area (Å²) in [5.41, 5.74) is 1.07. The maximum absolute atomic E-state index is 4.28. The zero-order valence-electron chi connectivity index (χ0n) is 10.6. The van der Waals surface area contributed by atoms with E-state index < -0.39 is 0 Å². The molecule has 0 spiro atoms. The molecular formula is C11H16N6S. The number of aryl methyl sites for hydroxylation is 1. The van der Waals surface area contributed by atoms with Crippen LogP contribution in [0.3, 0.4) is 0 Å². The summed E-state index contributed by atoms with van der Waals surface area (Å²) in [6, 6.07) is 0.454. The molecule has 2 aromatic rings. The van der Waals surface area contributed by atoms with Gasteiger partial charge < -0.3 is 5.32 Å². The molecule has 7 heteroatoms. The van der Waals surface area contributed by atoms with E-state index in [4.69, 9.17) is 0 Å². The highest BCUT2D eigenvalue weighted by Gasteiger charge is 2.05. The van der Waals surface area contributed by atoms with Gasteiger partial charge in [0.25, 0.3) is 0 Å². The van der Waals surface area contributed by atoms with E-state index in [1.807, 2.05) is 19.3 Å². The van der Waals surface area contributed by atoms with Gasteiger partial charge in [-0.15, -0.1) is 5.10 Å². The van der Waals surface area contributed by atoms with E-state index in [0.29, 0.717) is 16.4 Å². The molecule has 0 aliphatic rings. The zero-order chi connectivity index (χ0) is 13.0. The van der Waals surface area contributed by atoms with Gasteiger partial charge >= 0.3 is 0 Å². The zero-order valence-corrected chi connectivity index (χ0v) is 11.5. The molecule has 0 atom stereocenters. The van der Waals surface area contributed by atoms with Crippen LogP contribution in [-0.2, 0) is 6.54 Å². The number of hydrogen-bond acceptors (Lipinski definition) is 6. The van der Waals surface area contributed by atoms with Crippen molar-refractivity contribution in [2.45, 2.75) is 43.7 Å². The lowest BCUT2D eigenvalue weighted by Crippen LogP contribution is -2.21. The summed E-state index contributed by atoms with van der Waals surface area (Å²) in [4.78, 5) is 12.8. The summed E-state index contributed by atoms with van der Waals surface area (Å²) >= 11 is 1.35. The molecule has 0 aliphatic heterocycles. The van der Waals surface area contributed by atoms with E-state index >= 15 is 0 Å². The molecular weight excluding hydrogens is 248 g/mol. The summed E-state index contributed by atoms with van der Waals surface area (Å²) in [5, 5.41) is 11.4. The highest BCUT2D eigenvalue weighted by atomic mass is 32.2. The Labute approximate surface area is 110 Å². The first kappa shape index (κ1) is 13.0. The molecule has 0 bridgehead atoms. The highest BCUT2D eigenvalue weighted by Crippen LogP contribution is 2.19. The van der Waals surface area contributed by atoms with Gasteiger partial charge in [0.1, 0.15) is 5.82 Å². The van der Waals surface area contributed by atoms with Crippen LogP contribution >= 0.6 is 11.8 Å². The second-order valence-electron chi connectivity index (χ2n) is 4.21. The van der Waals surface area contributed by atoms with Crippen molar-refractivity contribution in [1.82, 2.24) is 30.5 Å². The quantitative estimate of drug-likeness (QED) is 0.798. The van der Waals surface area contributed by atoms with Crippen LogP contribution in [0.15, 0.2) is 22.7 Å². The van der Waals surface area contributed by atoms with Gasteiger partial charge in [0, 0.05) is 30.5 Å². The van der Waals surface area contributed by atoms with Crippen molar-refractivity contribution in [3.63, 3.8) is 0 Å². The van der Waals surface area contributed by atoms with E-state index in [1.165, 1.54) is 11.8 Å². The second kappa shape index (κ2) is 5.92. The van der Waals surface area contributed by atoms with Gasteiger partial charge in [0.15, 0.2) is 5.16 Å². The van der Waals surface area contributed by atoms with Gasteiger partial charge in [-0.2, -0.15) is 0 Å². The van der Waals surface area contributed by atoms with Crippen molar-refractivity contribution in [3.05, 3.63) is 23.8 Å². The third-order valence-corrected chi connectivity index (χ3v) is 2.91. The first-order valence-corrected chi connectivity index (χ1v) is 6.56. The molecule has 0 aliphatic carbocycles. The Morgan fingerprint density at radius 3 is 2.56 bits per heavy atom. The average Bonchev–Trinajstić information content (AvgIpc) is 2.74. The molecule has 0 saturated carbocycles. The number of H-pyrrole nitrogens is 1. The molecule has 0 unspecified atom stereocenters. The predicted molar refractivity (Wildman–Crippen MR) is 69.3 cm³/mol. The second-order valence-corrected chi connectivity index (χ2v) is 5.15. The topological polar surface area (TPSA) is 79.4 Å². The van der Waals surface area contributed by atoms with Crippen LogP contribution in [0.25, 0.3) is 0 Å². The molecule has 0 aromatic carbocycles. The number of rotatable bonds is 5. The number of aromatic nitrogens is 5. The van der Waals surface area contributed by atoms with E-state index in [-0.39, 0.29) is 0 Å². The normalized spacial score (nSPS) is 11.1. The number of aromatic amines is 1. The van der Waals surface area contributed by atoms with E-state index in [2.05, 4.69) is 44.3 Å². The Kier molecular flexibility index (Phi) is 4.27. The lowest BCUT2D eigenvalue weighted by atomic mass is 10.3. The smallest absolute Gasteiger partial charge is 0.216 e. The molecule has 18 heavy (non-hydrogen) atoms. The van der Waals surface area contributed by atoms with Crippen LogP contribution < -0.4 is 5.32 Å². The first-order chi connectivity index (χ1) is 8.63. The standard InChI is InChI=1S/C11H16N6S/c1-7(2)12-4-9-5-13-10(14-6-9)18-11-15-8(3)16-17-11/h5-7,12H,4H2,1-3H3,(H,15,16,17). The highest BCUT2D eigenvalue weighted by molar-refractivity contribution is 7.99. The minimum atomic E-state index is 0.454. The van der Waals surface area contributed by atoms with E-state index in [9.17, 15) is 0 Å². The van der Waals surface area contributed by atoms with Crippen molar-refractivity contribution in [3.8, 4) is 0 Å². The molecule has 0 fully saturated rings. The Bertz CT molecular complexity index is 492. The maximum Gasteiger partial charge on any atom is 0.216 e. The molecule has 0 radical (unpaired) electrons. The van der Waals surface area contributed by atoms with Gasteiger partial charge in [0.2, 0.25) is 5.16 Å². The van der Waals surface area contributed by atoms with Gasteiger partial charge in [-0.3, -0.25) is 5.10 Å². The lowest BCUT2D eigenvalue weighted by molar-refractivity contribution is 0.585. The summed E-state index contributed by atoms with van der Waals surface area (Å²) in [5.74, 6) is 0.787. The van der Waals surface area contributed by atoms with Crippen LogP contribution in [0.2, 0.25) is 0 Å². The molecule has 0 saturated heterocycles. The minimum absolute atomic E-state index is 0.454. The summed E-state index contributed by atoms with van der Waals surface area (Å²) in [6.07, 6.45) is 3.65. The van der Waals surface area contributed by atoms with Crippen LogP contribution in [0.5, 0.6) is 0 Å². The third kappa shape index (κ3) is 3.78. The van der Waals surface area contributed by atoms with Crippen molar-refractivity contribution in [2.24, 2.45) is 0 Å². The Balaban J connectivity index is 1.95. The Hall–Kier alpha value is -1.47. The molecule has 6 nitrogen and oxygen atoms in total. The molecule has 2 N–H and O–H groups in total. The SMILES string of the molecule is Cc1nc(Sc2ncc(CNC(C)C)cn2)n[nH]1.